The molecule has 11 heavy (non-hydrogen) atoms. The molecule has 0 saturated heterocycles. The summed E-state index contributed by atoms with van der Waals surface area (Å²) in [5.74, 6) is 1.67. The van der Waals surface area contributed by atoms with Crippen molar-refractivity contribution in [2.75, 3.05) is 18.1 Å². The van der Waals surface area contributed by atoms with Gasteiger partial charge in [-0.05, 0) is 12.7 Å². The van der Waals surface area contributed by atoms with Crippen LogP contribution in [-0.2, 0) is 4.79 Å². The zero-order valence-electron chi connectivity index (χ0n) is 7.09. The molecule has 0 aliphatic heterocycles. The van der Waals surface area contributed by atoms with Gasteiger partial charge < -0.3 is 11.1 Å². The van der Waals surface area contributed by atoms with Crippen molar-refractivity contribution in [3.8, 4) is 0 Å². The predicted molar refractivity (Wildman–Crippen MR) is 49.7 cm³/mol. The van der Waals surface area contributed by atoms with Crippen LogP contribution in [-0.4, -0.2) is 30.0 Å². The Bertz CT molecular complexity index is 119. The first-order valence-electron chi connectivity index (χ1n) is 3.83. The second-order valence-corrected chi connectivity index (χ2v) is 3.48. The number of thioether (sulfide) groups is 1. The van der Waals surface area contributed by atoms with Crippen LogP contribution in [0, 0.1) is 0 Å². The highest BCUT2D eigenvalue weighted by Gasteiger charge is 2.10. The van der Waals surface area contributed by atoms with Crippen LogP contribution in [0.25, 0.3) is 0 Å². The Morgan fingerprint density at radius 3 is 2.73 bits per heavy atom. The molecule has 4 heteroatoms. The molecule has 1 atom stereocenters. The molecule has 0 bridgehead atoms. The van der Waals surface area contributed by atoms with Crippen molar-refractivity contribution in [2.45, 2.75) is 19.9 Å². The maximum absolute atomic E-state index is 11.0. The lowest BCUT2D eigenvalue weighted by atomic mass is 10.3. The van der Waals surface area contributed by atoms with Gasteiger partial charge in [-0.15, -0.1) is 0 Å². The Labute approximate surface area is 72.1 Å². The van der Waals surface area contributed by atoms with Crippen LogP contribution < -0.4 is 11.1 Å². The van der Waals surface area contributed by atoms with Gasteiger partial charge in [0.2, 0.25) is 5.91 Å². The highest BCUT2D eigenvalue weighted by Crippen LogP contribution is 1.99. The molecule has 0 aliphatic carbocycles. The third-order valence-corrected chi connectivity index (χ3v) is 2.19. The normalized spacial score (nSPS) is 12.6. The standard InChI is InChI=1S/C7H16N2OS/c1-3-9-7(10)6(8)5-11-4-2/h6H,3-5,8H2,1-2H3,(H,9,10)/t6-/m0/s1. The molecule has 3 N–H and O–H groups in total. The van der Waals surface area contributed by atoms with Gasteiger partial charge in [-0.3, -0.25) is 4.79 Å². The van der Waals surface area contributed by atoms with E-state index in [9.17, 15) is 4.79 Å². The van der Waals surface area contributed by atoms with Crippen molar-refractivity contribution in [3.05, 3.63) is 0 Å². The minimum Gasteiger partial charge on any atom is -0.355 e. The molecule has 0 rings (SSSR count). The van der Waals surface area contributed by atoms with E-state index in [1.807, 2.05) is 6.92 Å². The molecule has 0 unspecified atom stereocenters. The predicted octanol–water partition coefficient (Wildman–Crippen LogP) is 0.203. The van der Waals surface area contributed by atoms with E-state index in [-0.39, 0.29) is 11.9 Å². The van der Waals surface area contributed by atoms with Crippen molar-refractivity contribution in [1.82, 2.24) is 5.32 Å². The van der Waals surface area contributed by atoms with E-state index in [1.54, 1.807) is 11.8 Å². The maximum Gasteiger partial charge on any atom is 0.237 e. The van der Waals surface area contributed by atoms with E-state index in [1.165, 1.54) is 0 Å². The van der Waals surface area contributed by atoms with Crippen molar-refractivity contribution < 1.29 is 4.79 Å². The zero-order chi connectivity index (χ0) is 8.69. The topological polar surface area (TPSA) is 55.1 Å². The third kappa shape index (κ3) is 5.09. The van der Waals surface area contributed by atoms with Crippen molar-refractivity contribution in [3.63, 3.8) is 0 Å². The number of nitrogens with one attached hydrogen (secondary N) is 1. The number of hydrogen-bond acceptors (Lipinski definition) is 3. The van der Waals surface area contributed by atoms with Gasteiger partial charge >= 0.3 is 0 Å². The molecular formula is C7H16N2OS. The number of carbonyl (C=O) groups excluding carboxylic acids is 1. The second-order valence-electron chi connectivity index (χ2n) is 2.16. The lowest BCUT2D eigenvalue weighted by Gasteiger charge is -2.09. The summed E-state index contributed by atoms with van der Waals surface area (Å²) >= 11 is 1.68. The molecule has 0 aliphatic rings. The highest BCUT2D eigenvalue weighted by atomic mass is 32.2. The summed E-state index contributed by atoms with van der Waals surface area (Å²) in [5, 5.41) is 2.68. The van der Waals surface area contributed by atoms with Crippen LogP contribution in [0.2, 0.25) is 0 Å². The fourth-order valence-electron chi connectivity index (χ4n) is 0.626. The summed E-state index contributed by atoms with van der Waals surface area (Å²) < 4.78 is 0. The van der Waals surface area contributed by atoms with Crippen molar-refractivity contribution >= 4 is 17.7 Å². The van der Waals surface area contributed by atoms with E-state index in [0.29, 0.717) is 12.3 Å². The van der Waals surface area contributed by atoms with Gasteiger partial charge in [0.25, 0.3) is 0 Å². The van der Waals surface area contributed by atoms with Crippen molar-refractivity contribution in [2.24, 2.45) is 5.73 Å². The summed E-state index contributed by atoms with van der Waals surface area (Å²) in [5.41, 5.74) is 5.56. The number of likely N-dealkylation sites (N-methyl/N-ethyl adjacent to an activating group) is 1. The van der Waals surface area contributed by atoms with E-state index in [0.717, 1.165) is 5.75 Å². The van der Waals surface area contributed by atoms with E-state index >= 15 is 0 Å². The van der Waals surface area contributed by atoms with Crippen molar-refractivity contribution in [1.29, 1.82) is 0 Å². The monoisotopic (exact) mass is 176 g/mol. The number of nitrogens with two attached hydrogens (primary N) is 1. The fourth-order valence-corrected chi connectivity index (χ4v) is 1.27. The molecule has 0 aromatic heterocycles. The molecule has 0 radical (unpaired) electrons. The zero-order valence-corrected chi connectivity index (χ0v) is 7.91. The summed E-state index contributed by atoms with van der Waals surface area (Å²) in [7, 11) is 0. The SMILES string of the molecule is CCNC(=O)[C@@H](N)CSCC. The van der Waals surface area contributed by atoms with Gasteiger partial charge in [-0.1, -0.05) is 6.92 Å². The Balaban J connectivity index is 3.46. The minimum absolute atomic E-state index is 0.0477. The molecule has 0 aromatic rings. The van der Waals surface area contributed by atoms with Crippen LogP contribution in [0.5, 0.6) is 0 Å². The van der Waals surface area contributed by atoms with Gasteiger partial charge in [-0.25, -0.2) is 0 Å². The van der Waals surface area contributed by atoms with E-state index < -0.39 is 0 Å². The molecular weight excluding hydrogens is 160 g/mol. The Morgan fingerprint density at radius 2 is 2.27 bits per heavy atom. The largest absolute Gasteiger partial charge is 0.355 e. The van der Waals surface area contributed by atoms with Crippen LogP contribution in [0.3, 0.4) is 0 Å². The van der Waals surface area contributed by atoms with E-state index in [2.05, 4.69) is 12.2 Å². The smallest absolute Gasteiger partial charge is 0.237 e. The molecule has 3 nitrogen and oxygen atoms in total. The minimum atomic E-state index is -0.347. The molecule has 0 spiro atoms. The molecule has 1 amide bonds. The first-order chi connectivity index (χ1) is 5.22. The lowest BCUT2D eigenvalue weighted by molar-refractivity contribution is -0.121. The van der Waals surface area contributed by atoms with Crippen LogP contribution in [0.15, 0.2) is 0 Å². The number of amides is 1. The molecule has 0 aromatic carbocycles. The van der Waals surface area contributed by atoms with Gasteiger partial charge in [0.05, 0.1) is 6.04 Å². The average Bonchev–Trinajstić information content (AvgIpc) is 2.00. The summed E-state index contributed by atoms with van der Waals surface area (Å²) in [6.45, 7) is 4.59. The summed E-state index contributed by atoms with van der Waals surface area (Å²) in [4.78, 5) is 11.0. The van der Waals surface area contributed by atoms with Crippen LogP contribution in [0.4, 0.5) is 0 Å². The first-order valence-corrected chi connectivity index (χ1v) is 4.98. The van der Waals surface area contributed by atoms with Gasteiger partial charge in [0.1, 0.15) is 0 Å². The maximum atomic E-state index is 11.0. The Kier molecular flexibility index (Phi) is 6.36. The molecule has 0 saturated carbocycles. The van der Waals surface area contributed by atoms with Gasteiger partial charge in [0, 0.05) is 12.3 Å². The van der Waals surface area contributed by atoms with Gasteiger partial charge in [0.15, 0.2) is 0 Å². The summed E-state index contributed by atoms with van der Waals surface area (Å²) in [6.07, 6.45) is 0. The third-order valence-electron chi connectivity index (χ3n) is 1.19. The first kappa shape index (κ1) is 10.8. The summed E-state index contributed by atoms with van der Waals surface area (Å²) in [6, 6.07) is -0.347. The second kappa shape index (κ2) is 6.49. The number of hydrogen-bond donors (Lipinski definition) is 2. The lowest BCUT2D eigenvalue weighted by Crippen LogP contribution is -2.42. The molecule has 0 heterocycles. The molecule has 66 valence electrons. The molecule has 0 fully saturated rings. The Hall–Kier alpha value is -0.220. The van der Waals surface area contributed by atoms with Crippen LogP contribution >= 0.6 is 11.8 Å². The van der Waals surface area contributed by atoms with Gasteiger partial charge in [-0.2, -0.15) is 11.8 Å². The fraction of sp³-hybridized carbons (Fsp3) is 0.857. The quantitative estimate of drug-likeness (QED) is 0.629. The van der Waals surface area contributed by atoms with Crippen LogP contribution in [0.1, 0.15) is 13.8 Å². The number of carbonyl (C=O) groups is 1. The van der Waals surface area contributed by atoms with E-state index in [4.69, 9.17) is 5.73 Å². The average molecular weight is 176 g/mol. The highest BCUT2D eigenvalue weighted by molar-refractivity contribution is 7.99. The Morgan fingerprint density at radius 1 is 1.64 bits per heavy atom. The number of rotatable bonds is 5.